The number of hydrogen-bond donors (Lipinski definition) is 7. The lowest BCUT2D eigenvalue weighted by Crippen LogP contribution is -2.05. The SMILES string of the molecule is CCCCCCC(CO)CCCC.CN.CN.CN.CN.CN.CN. The van der Waals surface area contributed by atoms with Gasteiger partial charge >= 0.3 is 0 Å². The summed E-state index contributed by atoms with van der Waals surface area (Å²) in [7, 11) is 9.00. The van der Waals surface area contributed by atoms with Crippen molar-refractivity contribution in [2.45, 2.75) is 65.2 Å². The van der Waals surface area contributed by atoms with Crippen LogP contribution >= 0.6 is 0 Å². The molecule has 0 aliphatic rings. The minimum atomic E-state index is 0.395. The van der Waals surface area contributed by atoms with E-state index < -0.39 is 0 Å². The fourth-order valence-electron chi connectivity index (χ4n) is 1.68. The first-order chi connectivity index (χ1) is 12.3. The van der Waals surface area contributed by atoms with Gasteiger partial charge in [-0.05, 0) is 61.0 Å². The summed E-state index contributed by atoms with van der Waals surface area (Å²) in [5.41, 5.74) is 27.0. The summed E-state index contributed by atoms with van der Waals surface area (Å²) in [4.78, 5) is 0. The molecule has 164 valence electrons. The molecule has 0 aliphatic heterocycles. The highest BCUT2D eigenvalue weighted by Crippen LogP contribution is 2.16. The lowest BCUT2D eigenvalue weighted by atomic mass is 9.96. The van der Waals surface area contributed by atoms with Gasteiger partial charge in [0, 0.05) is 6.61 Å². The van der Waals surface area contributed by atoms with E-state index in [-0.39, 0.29) is 0 Å². The molecule has 0 aromatic carbocycles. The Kier molecular flexibility index (Phi) is 158. The molecular weight excluding hydrogens is 316 g/mol. The minimum Gasteiger partial charge on any atom is -0.396 e. The Morgan fingerprint density at radius 1 is 0.520 bits per heavy atom. The topological polar surface area (TPSA) is 176 Å². The molecule has 0 aliphatic carbocycles. The molecule has 0 rings (SSSR count). The second-order valence-electron chi connectivity index (χ2n) is 4.04. The highest BCUT2D eigenvalue weighted by atomic mass is 16.3. The van der Waals surface area contributed by atoms with Gasteiger partial charge in [0.25, 0.3) is 0 Å². The summed E-state index contributed by atoms with van der Waals surface area (Å²) in [6.07, 6.45) is 10.3. The molecule has 25 heavy (non-hydrogen) atoms. The highest BCUT2D eigenvalue weighted by molar-refractivity contribution is 4.58. The van der Waals surface area contributed by atoms with Crippen LogP contribution in [0.2, 0.25) is 0 Å². The monoisotopic (exact) mass is 372 g/mol. The first kappa shape index (κ1) is 44.3. The maximum Gasteiger partial charge on any atom is 0.0459 e. The van der Waals surface area contributed by atoms with Gasteiger partial charge in [0.1, 0.15) is 0 Å². The van der Waals surface area contributed by atoms with Crippen molar-refractivity contribution < 1.29 is 5.11 Å². The van der Waals surface area contributed by atoms with Crippen molar-refractivity contribution >= 4 is 0 Å². The number of nitrogens with two attached hydrogens (primary N) is 6. The summed E-state index contributed by atoms with van der Waals surface area (Å²) < 4.78 is 0. The molecule has 0 saturated heterocycles. The van der Waals surface area contributed by atoms with Crippen LogP contribution < -0.4 is 34.4 Å². The average Bonchev–Trinajstić information content (AvgIpc) is 2.76. The second kappa shape index (κ2) is 89.1. The summed E-state index contributed by atoms with van der Waals surface area (Å²) in [5, 5.41) is 9.11. The van der Waals surface area contributed by atoms with E-state index in [4.69, 9.17) is 5.11 Å². The average molecular weight is 373 g/mol. The number of rotatable bonds is 9. The summed E-state index contributed by atoms with van der Waals surface area (Å²) in [5.74, 6) is 0.580. The van der Waals surface area contributed by atoms with Gasteiger partial charge in [-0.15, -0.1) is 0 Å². The zero-order chi connectivity index (χ0) is 21.9. The van der Waals surface area contributed by atoms with Crippen LogP contribution in [0.4, 0.5) is 0 Å². The number of hydrogen-bond acceptors (Lipinski definition) is 7. The molecule has 0 heterocycles. The predicted octanol–water partition coefficient (Wildman–Crippen LogP) is 1.20. The number of aliphatic hydroxyl groups is 1. The van der Waals surface area contributed by atoms with Crippen molar-refractivity contribution in [2.75, 3.05) is 48.9 Å². The molecule has 1 unspecified atom stereocenters. The summed E-state index contributed by atoms with van der Waals surface area (Å²) >= 11 is 0. The van der Waals surface area contributed by atoms with Gasteiger partial charge in [0.2, 0.25) is 0 Å². The van der Waals surface area contributed by atoms with Crippen LogP contribution in [0, 0.1) is 5.92 Å². The van der Waals surface area contributed by atoms with Crippen molar-refractivity contribution in [3.63, 3.8) is 0 Å². The van der Waals surface area contributed by atoms with Crippen LogP contribution in [0.15, 0.2) is 0 Å². The maximum absolute atomic E-state index is 9.11. The fraction of sp³-hybridized carbons (Fsp3) is 1.00. The molecule has 0 radical (unpaired) electrons. The molecule has 0 aromatic rings. The van der Waals surface area contributed by atoms with Crippen LogP contribution in [0.5, 0.6) is 0 Å². The van der Waals surface area contributed by atoms with Crippen LogP contribution in [-0.2, 0) is 0 Å². The van der Waals surface area contributed by atoms with Gasteiger partial charge in [0.15, 0.2) is 0 Å². The van der Waals surface area contributed by atoms with E-state index in [1.807, 2.05) is 0 Å². The third kappa shape index (κ3) is 81.5. The normalized spacial score (nSPS) is 8.28. The quantitative estimate of drug-likeness (QED) is 0.297. The Bertz CT molecular complexity index is 112. The molecule has 0 spiro atoms. The number of unbranched alkanes of at least 4 members (excludes halogenated alkanes) is 4. The number of aliphatic hydroxyl groups excluding tert-OH is 1. The molecule has 0 bridgehead atoms. The molecule has 0 fully saturated rings. The van der Waals surface area contributed by atoms with E-state index in [1.54, 1.807) is 0 Å². The third-order valence-electron chi connectivity index (χ3n) is 2.69. The predicted molar refractivity (Wildman–Crippen MR) is 120 cm³/mol. The fourth-order valence-corrected chi connectivity index (χ4v) is 1.68. The smallest absolute Gasteiger partial charge is 0.0459 e. The van der Waals surface area contributed by atoms with Crippen molar-refractivity contribution in [3.8, 4) is 0 Å². The Morgan fingerprint density at radius 2 is 0.840 bits per heavy atom. The third-order valence-corrected chi connectivity index (χ3v) is 2.69. The summed E-state index contributed by atoms with van der Waals surface area (Å²) in [6, 6.07) is 0. The lowest BCUT2D eigenvalue weighted by molar-refractivity contribution is 0.205. The van der Waals surface area contributed by atoms with Gasteiger partial charge < -0.3 is 39.5 Å². The van der Waals surface area contributed by atoms with E-state index in [2.05, 4.69) is 48.2 Å². The highest BCUT2D eigenvalue weighted by Gasteiger charge is 2.05. The van der Waals surface area contributed by atoms with Crippen LogP contribution in [0.3, 0.4) is 0 Å². The molecule has 0 aromatic heterocycles. The van der Waals surface area contributed by atoms with Gasteiger partial charge in [-0.25, -0.2) is 0 Å². The van der Waals surface area contributed by atoms with Crippen molar-refractivity contribution in [3.05, 3.63) is 0 Å². The molecule has 1 atom stereocenters. The van der Waals surface area contributed by atoms with E-state index in [1.165, 1.54) is 93.7 Å². The first-order valence-corrected chi connectivity index (χ1v) is 9.42. The van der Waals surface area contributed by atoms with E-state index in [9.17, 15) is 0 Å². The molecule has 7 heteroatoms. The molecule has 0 saturated carbocycles. The molecular formula is C18H56N6O. The van der Waals surface area contributed by atoms with Crippen LogP contribution in [-0.4, -0.2) is 54.0 Å². The van der Waals surface area contributed by atoms with Crippen molar-refractivity contribution in [1.29, 1.82) is 0 Å². The molecule has 13 N–H and O–H groups in total. The largest absolute Gasteiger partial charge is 0.396 e. The van der Waals surface area contributed by atoms with Crippen LogP contribution in [0.25, 0.3) is 0 Å². The van der Waals surface area contributed by atoms with Crippen molar-refractivity contribution in [2.24, 2.45) is 40.3 Å². The van der Waals surface area contributed by atoms with Gasteiger partial charge in [-0.3, -0.25) is 0 Å². The van der Waals surface area contributed by atoms with Gasteiger partial charge in [-0.2, -0.15) is 0 Å². The second-order valence-corrected chi connectivity index (χ2v) is 4.04. The summed E-state index contributed by atoms with van der Waals surface area (Å²) in [6.45, 7) is 4.85. The first-order valence-electron chi connectivity index (χ1n) is 9.42. The van der Waals surface area contributed by atoms with Crippen LogP contribution in [0.1, 0.15) is 65.2 Å². The lowest BCUT2D eigenvalue weighted by Gasteiger charge is -2.12. The zero-order valence-electron chi connectivity index (χ0n) is 18.9. The maximum atomic E-state index is 9.11. The molecule has 0 amide bonds. The Balaban J connectivity index is -0.0000000454. The Hall–Kier alpha value is -0.280. The van der Waals surface area contributed by atoms with Gasteiger partial charge in [-0.1, -0.05) is 52.4 Å². The zero-order valence-corrected chi connectivity index (χ0v) is 18.9. The van der Waals surface area contributed by atoms with Crippen molar-refractivity contribution in [1.82, 2.24) is 0 Å². The van der Waals surface area contributed by atoms with E-state index in [0.717, 1.165) is 0 Å². The minimum absolute atomic E-state index is 0.395. The van der Waals surface area contributed by atoms with E-state index in [0.29, 0.717) is 12.5 Å². The Morgan fingerprint density at radius 3 is 1.12 bits per heavy atom. The standard InChI is InChI=1S/C12H26O.6CH5N/c1-3-5-7-8-10-12(11-13)9-6-4-2;6*1-2/h12-13H,3-11H2,1-2H3;6*2H2,1H3. The molecule has 7 nitrogen and oxygen atoms in total. The Labute approximate surface area is 160 Å². The van der Waals surface area contributed by atoms with Gasteiger partial charge in [0.05, 0.1) is 0 Å². The van der Waals surface area contributed by atoms with E-state index >= 15 is 0 Å².